The number of fused-ring (bicyclic) bond motifs is 1. The van der Waals surface area contributed by atoms with Gasteiger partial charge in [-0.3, -0.25) is 9.00 Å². The Balaban J connectivity index is 1.33. The number of nitrogens with one attached hydrogen (secondary N) is 1. The molecule has 0 heterocycles. The third kappa shape index (κ3) is 6.73. The van der Waals surface area contributed by atoms with Gasteiger partial charge in [0.15, 0.2) is 0 Å². The van der Waals surface area contributed by atoms with Crippen LogP contribution in [0.4, 0.5) is 0 Å². The van der Waals surface area contributed by atoms with Gasteiger partial charge in [0.2, 0.25) is 0 Å². The fraction of sp³-hybridized carbons (Fsp3) is 0.0930. The molecule has 3 nitrogen and oxygen atoms in total. The predicted octanol–water partition coefficient (Wildman–Crippen LogP) is 8.38. The van der Waals surface area contributed by atoms with Crippen molar-refractivity contribution in [3.05, 3.63) is 193 Å². The molecule has 5 heteroatoms. The molecule has 1 aliphatic carbocycles. The van der Waals surface area contributed by atoms with Crippen molar-refractivity contribution in [3.63, 3.8) is 0 Å². The monoisotopic (exact) mass is 661 g/mol. The zero-order valence-electron chi connectivity index (χ0n) is 26.4. The number of allylic oxidation sites excluding steroid dienone is 3. The number of hydrogen-bond acceptors (Lipinski definition) is 2. The van der Waals surface area contributed by atoms with Crippen molar-refractivity contribution in [2.75, 3.05) is 0 Å². The van der Waals surface area contributed by atoms with Crippen LogP contribution in [0.15, 0.2) is 187 Å². The highest BCUT2D eigenvalue weighted by molar-refractivity contribution is 7.85. The summed E-state index contributed by atoms with van der Waals surface area (Å²) in [5, 5.41) is 8.34. The molecular formula is C43H36NO2PS. The lowest BCUT2D eigenvalue weighted by Gasteiger charge is -2.34. The second-order valence-electron chi connectivity index (χ2n) is 11.8. The zero-order valence-corrected chi connectivity index (χ0v) is 28.1. The molecule has 0 radical (unpaired) electrons. The van der Waals surface area contributed by atoms with Crippen LogP contribution < -0.4 is 21.2 Å². The van der Waals surface area contributed by atoms with E-state index in [1.165, 1.54) is 10.6 Å². The standard InChI is InChI=1S/C43H36NO2PS/c45-43(38-29-15-16-30-39(38)47(35-24-9-3-10-25-35)36-26-11-4-12-27-36)44-41(33-19-5-1-6-20-33)42(34-21-7-2-8-22-34)48(46)40-31-17-23-32-18-13-14-28-37(32)40/h1-19,21-31,33,41-42H,20H2,(H,44,45)/t33?,41-,42+,48+/m0/s1. The predicted molar refractivity (Wildman–Crippen MR) is 202 cm³/mol. The molecule has 0 aliphatic heterocycles. The summed E-state index contributed by atoms with van der Waals surface area (Å²) in [6.45, 7) is 0. The minimum absolute atomic E-state index is 0.0556. The maximum absolute atomic E-state index is 15.0. The molecule has 0 saturated carbocycles. The molecule has 1 aliphatic rings. The summed E-state index contributed by atoms with van der Waals surface area (Å²) in [5.74, 6) is -0.214. The average molecular weight is 662 g/mol. The summed E-state index contributed by atoms with van der Waals surface area (Å²) in [7, 11) is -2.51. The highest BCUT2D eigenvalue weighted by Gasteiger charge is 2.37. The minimum Gasteiger partial charge on any atom is -0.347 e. The molecule has 0 spiro atoms. The average Bonchev–Trinajstić information content (AvgIpc) is 3.16. The summed E-state index contributed by atoms with van der Waals surface area (Å²) in [6.07, 6.45) is 9.09. The van der Waals surface area contributed by atoms with E-state index in [2.05, 4.69) is 84.2 Å². The summed E-state index contributed by atoms with van der Waals surface area (Å²) in [6, 6.07) is 52.5. The molecule has 1 amide bonds. The van der Waals surface area contributed by atoms with Gasteiger partial charge in [-0.05, 0) is 58.7 Å². The fourth-order valence-electron chi connectivity index (χ4n) is 6.56. The van der Waals surface area contributed by atoms with Crippen molar-refractivity contribution >= 4 is 51.3 Å². The fourth-order valence-corrected chi connectivity index (χ4v) is 10.8. The SMILES string of the molecule is O=C(N[C@@H](C1C=CC=CC1)[C@@H](c1ccccc1)[S@](=O)c1cccc2ccccc12)c1ccccc1P(c1ccccc1)c1ccccc1. The highest BCUT2D eigenvalue weighted by Crippen LogP contribution is 2.38. The van der Waals surface area contributed by atoms with Gasteiger partial charge in [-0.25, -0.2) is 0 Å². The van der Waals surface area contributed by atoms with Gasteiger partial charge in [0.25, 0.3) is 5.91 Å². The van der Waals surface area contributed by atoms with E-state index >= 15 is 4.21 Å². The first kappa shape index (κ1) is 31.7. The number of carbonyl (C=O) groups excluding carboxylic acids is 1. The Labute approximate surface area is 286 Å². The van der Waals surface area contributed by atoms with Crippen LogP contribution in [0.2, 0.25) is 0 Å². The molecule has 4 atom stereocenters. The molecule has 236 valence electrons. The van der Waals surface area contributed by atoms with Crippen LogP contribution in [-0.2, 0) is 10.8 Å². The van der Waals surface area contributed by atoms with Crippen molar-refractivity contribution in [2.24, 2.45) is 5.92 Å². The summed E-state index contributed by atoms with van der Waals surface area (Å²) >= 11 is 0. The number of amides is 1. The van der Waals surface area contributed by atoms with E-state index < -0.39 is 30.0 Å². The number of hydrogen-bond donors (Lipinski definition) is 1. The van der Waals surface area contributed by atoms with E-state index in [4.69, 9.17) is 0 Å². The molecule has 1 N–H and O–H groups in total. The van der Waals surface area contributed by atoms with Gasteiger partial charge < -0.3 is 5.32 Å². The molecule has 0 aromatic heterocycles. The van der Waals surface area contributed by atoms with Gasteiger partial charge in [-0.1, -0.05) is 170 Å². The van der Waals surface area contributed by atoms with Crippen LogP contribution in [0, 0.1) is 5.92 Å². The van der Waals surface area contributed by atoms with Crippen molar-refractivity contribution in [1.82, 2.24) is 5.32 Å². The van der Waals surface area contributed by atoms with Crippen LogP contribution in [-0.4, -0.2) is 16.2 Å². The Bertz CT molecular complexity index is 2050. The Kier molecular flexibility index (Phi) is 9.84. The maximum Gasteiger partial charge on any atom is 0.252 e. The van der Waals surface area contributed by atoms with Gasteiger partial charge >= 0.3 is 0 Å². The van der Waals surface area contributed by atoms with Crippen molar-refractivity contribution in [3.8, 4) is 0 Å². The van der Waals surface area contributed by atoms with Crippen LogP contribution in [0.5, 0.6) is 0 Å². The van der Waals surface area contributed by atoms with Gasteiger partial charge in [-0.15, -0.1) is 0 Å². The van der Waals surface area contributed by atoms with Crippen LogP contribution in [0.25, 0.3) is 10.8 Å². The molecule has 6 aromatic rings. The topological polar surface area (TPSA) is 46.2 Å². The first-order chi connectivity index (χ1) is 23.7. The Morgan fingerprint density at radius 3 is 1.96 bits per heavy atom. The Hall–Kier alpha value is -4.89. The van der Waals surface area contributed by atoms with Crippen LogP contribution in [0.3, 0.4) is 0 Å². The van der Waals surface area contributed by atoms with E-state index in [1.54, 1.807) is 0 Å². The Morgan fingerprint density at radius 2 is 1.27 bits per heavy atom. The molecule has 0 fully saturated rings. The summed E-state index contributed by atoms with van der Waals surface area (Å²) < 4.78 is 15.0. The van der Waals surface area contributed by atoms with Gasteiger partial charge in [0, 0.05) is 16.4 Å². The Morgan fingerprint density at radius 1 is 0.667 bits per heavy atom. The van der Waals surface area contributed by atoms with Gasteiger partial charge in [-0.2, -0.15) is 0 Å². The third-order valence-corrected chi connectivity index (χ3v) is 13.2. The normalized spacial score (nSPS) is 16.0. The zero-order chi connectivity index (χ0) is 32.7. The molecular weight excluding hydrogens is 626 g/mol. The van der Waals surface area contributed by atoms with E-state index in [0.717, 1.165) is 33.0 Å². The maximum atomic E-state index is 15.0. The first-order valence-corrected chi connectivity index (χ1v) is 18.8. The highest BCUT2D eigenvalue weighted by atomic mass is 32.2. The van der Waals surface area contributed by atoms with Crippen molar-refractivity contribution in [2.45, 2.75) is 22.6 Å². The van der Waals surface area contributed by atoms with E-state index in [1.807, 2.05) is 103 Å². The van der Waals surface area contributed by atoms with E-state index in [0.29, 0.717) is 5.56 Å². The lowest BCUT2D eigenvalue weighted by Crippen LogP contribution is -2.46. The molecule has 48 heavy (non-hydrogen) atoms. The number of benzene rings is 6. The number of carbonyl (C=O) groups is 1. The second-order valence-corrected chi connectivity index (χ2v) is 15.6. The lowest BCUT2D eigenvalue weighted by atomic mass is 9.87. The summed E-state index contributed by atoms with van der Waals surface area (Å²) in [4.78, 5) is 15.5. The molecule has 7 rings (SSSR count). The molecule has 6 aromatic carbocycles. The van der Waals surface area contributed by atoms with Crippen LogP contribution in [0.1, 0.15) is 27.6 Å². The lowest BCUT2D eigenvalue weighted by molar-refractivity contribution is 0.0927. The van der Waals surface area contributed by atoms with E-state index in [-0.39, 0.29) is 11.8 Å². The smallest absolute Gasteiger partial charge is 0.252 e. The van der Waals surface area contributed by atoms with Crippen LogP contribution >= 0.6 is 7.92 Å². The van der Waals surface area contributed by atoms with Gasteiger partial charge in [0.05, 0.1) is 22.1 Å². The molecule has 0 saturated heterocycles. The quantitative estimate of drug-likeness (QED) is 0.150. The van der Waals surface area contributed by atoms with E-state index in [9.17, 15) is 4.79 Å². The largest absolute Gasteiger partial charge is 0.347 e. The summed E-state index contributed by atoms with van der Waals surface area (Å²) in [5.41, 5.74) is 1.57. The van der Waals surface area contributed by atoms with Gasteiger partial charge in [0.1, 0.15) is 0 Å². The first-order valence-electron chi connectivity index (χ1n) is 16.3. The third-order valence-electron chi connectivity index (χ3n) is 8.84. The second kappa shape index (κ2) is 14.9. The van der Waals surface area contributed by atoms with Crippen molar-refractivity contribution in [1.29, 1.82) is 0 Å². The minimum atomic E-state index is -1.49. The van der Waals surface area contributed by atoms with Crippen molar-refractivity contribution < 1.29 is 9.00 Å². The molecule has 0 bridgehead atoms. The number of rotatable bonds is 10. The molecule has 1 unspecified atom stereocenters.